The number of anilines is 1. The number of benzene rings is 1. The molecule has 4 saturated carbocycles. The van der Waals surface area contributed by atoms with E-state index in [2.05, 4.69) is 29.2 Å². The molecule has 1 heteroatoms. The van der Waals surface area contributed by atoms with E-state index in [9.17, 15) is 0 Å². The molecular weight excluding hydrogens is 242 g/mol. The van der Waals surface area contributed by atoms with Crippen LogP contribution in [0.25, 0.3) is 0 Å². The van der Waals surface area contributed by atoms with Gasteiger partial charge in [0, 0.05) is 17.8 Å². The molecular formula is C19H25N. The van der Waals surface area contributed by atoms with Crippen LogP contribution in [0.15, 0.2) is 24.3 Å². The number of nitrogens with zero attached hydrogens (tertiary/aromatic N) is 1. The van der Waals surface area contributed by atoms with Crippen LogP contribution in [0.2, 0.25) is 0 Å². The van der Waals surface area contributed by atoms with Crippen molar-refractivity contribution in [1.82, 2.24) is 0 Å². The van der Waals surface area contributed by atoms with E-state index < -0.39 is 0 Å². The summed E-state index contributed by atoms with van der Waals surface area (Å²) in [6.07, 6.45) is 11.8. The Labute approximate surface area is 122 Å². The molecule has 0 amide bonds. The maximum atomic E-state index is 2.87. The molecule has 0 atom stereocenters. The first-order chi connectivity index (χ1) is 9.82. The van der Waals surface area contributed by atoms with Gasteiger partial charge in [0.25, 0.3) is 0 Å². The topological polar surface area (TPSA) is 3.24 Å². The van der Waals surface area contributed by atoms with E-state index in [0.717, 1.165) is 17.8 Å². The second kappa shape index (κ2) is 4.02. The molecule has 1 heterocycles. The molecule has 0 N–H and O–H groups in total. The molecule has 5 aliphatic rings. The van der Waals surface area contributed by atoms with Gasteiger partial charge in [-0.3, -0.25) is 0 Å². The molecule has 0 aromatic heterocycles. The number of aryl methyl sites for hydroxylation is 1. The summed E-state index contributed by atoms with van der Waals surface area (Å²) >= 11 is 0. The summed E-state index contributed by atoms with van der Waals surface area (Å²) in [5.41, 5.74) is 3.74. The Bertz CT molecular complexity index is 497. The smallest absolute Gasteiger partial charge is 0.0410 e. The Morgan fingerprint density at radius 1 is 0.900 bits per heavy atom. The van der Waals surface area contributed by atoms with Crippen molar-refractivity contribution in [2.45, 2.75) is 56.9 Å². The molecule has 4 fully saturated rings. The van der Waals surface area contributed by atoms with Crippen molar-refractivity contribution >= 4 is 5.69 Å². The van der Waals surface area contributed by atoms with E-state index in [1.165, 1.54) is 38.6 Å². The lowest BCUT2D eigenvalue weighted by Crippen LogP contribution is -2.61. The zero-order valence-electron chi connectivity index (χ0n) is 12.4. The van der Waals surface area contributed by atoms with E-state index >= 15 is 0 Å². The normalized spacial score (nSPS) is 41.8. The Morgan fingerprint density at radius 3 is 2.25 bits per heavy atom. The molecule has 1 aromatic rings. The largest absolute Gasteiger partial charge is 0.366 e. The maximum Gasteiger partial charge on any atom is 0.0410 e. The van der Waals surface area contributed by atoms with Crippen molar-refractivity contribution in [3.05, 3.63) is 29.8 Å². The van der Waals surface area contributed by atoms with Crippen LogP contribution in [0.3, 0.4) is 0 Å². The van der Waals surface area contributed by atoms with Gasteiger partial charge in [0.05, 0.1) is 0 Å². The summed E-state index contributed by atoms with van der Waals surface area (Å²) in [7, 11) is 0. The lowest BCUT2D eigenvalue weighted by Gasteiger charge is -2.62. The fraction of sp³-hybridized carbons (Fsp3) is 0.684. The maximum absolute atomic E-state index is 2.87. The number of rotatable bonds is 1. The lowest BCUT2D eigenvalue weighted by molar-refractivity contribution is -0.00492. The Balaban J connectivity index is 1.57. The van der Waals surface area contributed by atoms with E-state index in [-0.39, 0.29) is 0 Å². The highest BCUT2D eigenvalue weighted by Crippen LogP contribution is 2.58. The first kappa shape index (κ1) is 11.7. The second-order valence-corrected chi connectivity index (χ2v) is 8.03. The Morgan fingerprint density at radius 2 is 1.55 bits per heavy atom. The van der Waals surface area contributed by atoms with Crippen molar-refractivity contribution in [2.24, 2.45) is 17.8 Å². The third-order valence-corrected chi connectivity index (χ3v) is 6.69. The first-order valence-corrected chi connectivity index (χ1v) is 8.68. The average molecular weight is 267 g/mol. The van der Waals surface area contributed by atoms with Gasteiger partial charge >= 0.3 is 0 Å². The number of hydrogen-bond acceptors (Lipinski definition) is 1. The molecule has 6 rings (SSSR count). The van der Waals surface area contributed by atoms with Gasteiger partial charge in [0.15, 0.2) is 0 Å². The van der Waals surface area contributed by atoms with Gasteiger partial charge in [0.2, 0.25) is 0 Å². The van der Waals surface area contributed by atoms with E-state index in [1.54, 1.807) is 30.5 Å². The molecule has 0 unspecified atom stereocenters. The second-order valence-electron chi connectivity index (χ2n) is 8.03. The Hall–Kier alpha value is -0.980. The predicted molar refractivity (Wildman–Crippen MR) is 83.0 cm³/mol. The highest BCUT2D eigenvalue weighted by Gasteiger charge is 2.53. The molecule has 1 aromatic carbocycles. The third-order valence-electron chi connectivity index (χ3n) is 6.69. The fourth-order valence-electron chi connectivity index (χ4n) is 6.42. The molecule has 0 saturated heterocycles. The minimum absolute atomic E-state index is 0.547. The van der Waals surface area contributed by atoms with Gasteiger partial charge in [-0.05, 0) is 80.8 Å². The number of fused-ring (bicyclic) bond motifs is 1. The molecule has 0 radical (unpaired) electrons. The van der Waals surface area contributed by atoms with Crippen molar-refractivity contribution in [3.8, 4) is 0 Å². The lowest BCUT2D eigenvalue weighted by atomic mass is 9.52. The van der Waals surface area contributed by atoms with Gasteiger partial charge in [0.1, 0.15) is 0 Å². The van der Waals surface area contributed by atoms with Gasteiger partial charge in [-0.1, -0.05) is 18.2 Å². The molecule has 1 aliphatic heterocycles. The molecule has 1 nitrogen and oxygen atoms in total. The summed E-state index contributed by atoms with van der Waals surface area (Å²) < 4.78 is 0. The molecule has 4 bridgehead atoms. The van der Waals surface area contributed by atoms with Crippen LogP contribution in [0.4, 0.5) is 5.69 Å². The molecule has 20 heavy (non-hydrogen) atoms. The molecule has 106 valence electrons. The summed E-state index contributed by atoms with van der Waals surface area (Å²) in [6.45, 7) is 1.31. The van der Waals surface area contributed by atoms with E-state index in [0.29, 0.717) is 5.54 Å². The third kappa shape index (κ3) is 1.55. The Kier molecular flexibility index (Phi) is 2.34. The van der Waals surface area contributed by atoms with Gasteiger partial charge in [-0.15, -0.1) is 0 Å². The summed E-state index contributed by atoms with van der Waals surface area (Å²) in [5.74, 6) is 3.15. The van der Waals surface area contributed by atoms with Gasteiger partial charge in [-0.2, -0.15) is 0 Å². The van der Waals surface area contributed by atoms with Crippen LogP contribution in [0.5, 0.6) is 0 Å². The van der Waals surface area contributed by atoms with Crippen LogP contribution in [-0.4, -0.2) is 12.1 Å². The summed E-state index contributed by atoms with van der Waals surface area (Å²) in [6, 6.07) is 9.23. The quantitative estimate of drug-likeness (QED) is 0.728. The van der Waals surface area contributed by atoms with E-state index in [4.69, 9.17) is 0 Å². The zero-order chi connectivity index (χ0) is 13.2. The zero-order valence-corrected chi connectivity index (χ0v) is 12.4. The number of hydrogen-bond donors (Lipinski definition) is 0. The summed E-state index contributed by atoms with van der Waals surface area (Å²) in [4.78, 5) is 2.87. The van der Waals surface area contributed by atoms with Gasteiger partial charge in [-0.25, -0.2) is 0 Å². The van der Waals surface area contributed by atoms with Crippen molar-refractivity contribution in [3.63, 3.8) is 0 Å². The highest BCUT2D eigenvalue weighted by atomic mass is 15.2. The minimum atomic E-state index is 0.547. The van der Waals surface area contributed by atoms with Crippen LogP contribution in [0, 0.1) is 17.8 Å². The van der Waals surface area contributed by atoms with E-state index in [1.807, 2.05) is 0 Å². The standard InChI is InChI=1S/C19H25N/c1-2-6-18-17(4-1)5-3-7-20(18)19-11-14-8-15(12-19)10-16(9-14)13-19/h1-2,4,6,14-16H,3,5,7-13H2. The average Bonchev–Trinajstić information content (AvgIpc) is 2.45. The van der Waals surface area contributed by atoms with Crippen molar-refractivity contribution in [2.75, 3.05) is 11.4 Å². The SMILES string of the molecule is c1ccc2c(c1)CCCN2C12CC3CC(CC(C3)C1)C2. The monoisotopic (exact) mass is 267 g/mol. The van der Waals surface area contributed by atoms with Crippen LogP contribution in [0.1, 0.15) is 50.5 Å². The molecule has 4 aliphatic carbocycles. The fourth-order valence-corrected chi connectivity index (χ4v) is 6.42. The van der Waals surface area contributed by atoms with Gasteiger partial charge < -0.3 is 4.90 Å². The summed E-state index contributed by atoms with van der Waals surface area (Å²) in [5, 5.41) is 0. The van der Waals surface area contributed by atoms with Crippen LogP contribution < -0.4 is 4.90 Å². The highest BCUT2D eigenvalue weighted by molar-refractivity contribution is 5.58. The van der Waals surface area contributed by atoms with Crippen LogP contribution in [-0.2, 0) is 6.42 Å². The molecule has 0 spiro atoms. The number of para-hydroxylation sites is 1. The predicted octanol–water partition coefficient (Wildman–Crippen LogP) is 4.41. The van der Waals surface area contributed by atoms with Crippen molar-refractivity contribution in [1.29, 1.82) is 0 Å². The van der Waals surface area contributed by atoms with Crippen molar-refractivity contribution < 1.29 is 0 Å². The van der Waals surface area contributed by atoms with Crippen LogP contribution >= 0.6 is 0 Å². The minimum Gasteiger partial charge on any atom is -0.366 e. The first-order valence-electron chi connectivity index (χ1n) is 8.68.